The molecule has 1 aromatic carbocycles. The number of benzene rings is 1. The Morgan fingerprint density at radius 3 is 2.06 bits per heavy atom. The molecule has 0 amide bonds. The van der Waals surface area contributed by atoms with Gasteiger partial charge in [-0.25, -0.2) is 0 Å². The minimum absolute atomic E-state index is 0.0191. The van der Waals surface area contributed by atoms with Gasteiger partial charge in [0.25, 0.3) is 0 Å². The number of hydrogen-bond acceptors (Lipinski definition) is 3. The van der Waals surface area contributed by atoms with Crippen molar-refractivity contribution in [3.05, 3.63) is 23.3 Å². The normalized spacial score (nSPS) is 17.0. The lowest BCUT2D eigenvalue weighted by atomic mass is 10.0. The Bertz CT molecular complexity index is 372. The molecule has 3 nitrogen and oxygen atoms in total. The van der Waals surface area contributed by atoms with E-state index < -0.39 is 0 Å². The first-order chi connectivity index (χ1) is 7.58. The smallest absolute Gasteiger partial charge is 0.125 e. The molecular formula is C13H19NO2. The van der Waals surface area contributed by atoms with E-state index in [0.717, 1.165) is 36.3 Å². The Morgan fingerprint density at radius 1 is 1.19 bits per heavy atom. The molecular weight excluding hydrogens is 202 g/mol. The number of hydrogen-bond donors (Lipinski definition) is 1. The summed E-state index contributed by atoms with van der Waals surface area (Å²) in [7, 11) is 3.36. The highest BCUT2D eigenvalue weighted by molar-refractivity contribution is 5.47. The first-order valence-corrected chi connectivity index (χ1v) is 5.58. The minimum atomic E-state index is 0.0191. The summed E-state index contributed by atoms with van der Waals surface area (Å²) in [5.41, 5.74) is 8.37. The van der Waals surface area contributed by atoms with Crippen molar-refractivity contribution in [1.29, 1.82) is 0 Å². The van der Waals surface area contributed by atoms with Gasteiger partial charge in [0.2, 0.25) is 0 Å². The summed E-state index contributed by atoms with van der Waals surface area (Å²) in [5.74, 6) is 1.75. The zero-order valence-corrected chi connectivity index (χ0v) is 10.2. The van der Waals surface area contributed by atoms with Gasteiger partial charge in [-0.2, -0.15) is 0 Å². The van der Waals surface area contributed by atoms with Crippen LogP contribution in [0, 0.1) is 6.92 Å². The number of methoxy groups -OCH3 is 2. The third kappa shape index (κ3) is 2.14. The molecule has 0 saturated heterocycles. The van der Waals surface area contributed by atoms with Gasteiger partial charge in [-0.15, -0.1) is 0 Å². The monoisotopic (exact) mass is 221 g/mol. The van der Waals surface area contributed by atoms with Gasteiger partial charge in [0.05, 0.1) is 14.2 Å². The molecule has 0 heterocycles. The summed E-state index contributed by atoms with van der Waals surface area (Å²) < 4.78 is 10.7. The number of nitrogens with two attached hydrogens (primary N) is 1. The van der Waals surface area contributed by atoms with Crippen LogP contribution in [0.25, 0.3) is 0 Å². The second kappa shape index (κ2) is 3.98. The molecule has 0 spiro atoms. The maximum atomic E-state index is 6.12. The van der Waals surface area contributed by atoms with Gasteiger partial charge in [0.1, 0.15) is 11.5 Å². The van der Waals surface area contributed by atoms with E-state index in [2.05, 4.69) is 12.1 Å². The van der Waals surface area contributed by atoms with Crippen molar-refractivity contribution in [3.63, 3.8) is 0 Å². The molecule has 0 unspecified atom stereocenters. The molecule has 2 N–H and O–H groups in total. The molecule has 1 aromatic rings. The van der Waals surface area contributed by atoms with E-state index in [1.165, 1.54) is 5.56 Å². The fourth-order valence-electron chi connectivity index (χ4n) is 1.99. The van der Waals surface area contributed by atoms with Crippen molar-refractivity contribution in [2.75, 3.05) is 14.2 Å². The Labute approximate surface area is 96.5 Å². The summed E-state index contributed by atoms with van der Waals surface area (Å²) in [6.45, 7) is 2.00. The van der Waals surface area contributed by atoms with Crippen LogP contribution in [0.3, 0.4) is 0 Å². The molecule has 1 saturated carbocycles. The fraction of sp³-hybridized carbons (Fsp3) is 0.538. The van der Waals surface area contributed by atoms with Crippen molar-refractivity contribution in [3.8, 4) is 11.5 Å². The maximum absolute atomic E-state index is 6.12. The molecule has 1 aliphatic carbocycles. The third-order valence-corrected chi connectivity index (χ3v) is 3.26. The largest absolute Gasteiger partial charge is 0.496 e. The van der Waals surface area contributed by atoms with E-state index >= 15 is 0 Å². The zero-order valence-electron chi connectivity index (χ0n) is 10.2. The Balaban J connectivity index is 2.31. The molecule has 1 aliphatic rings. The summed E-state index contributed by atoms with van der Waals surface area (Å²) in [5, 5.41) is 0. The minimum Gasteiger partial charge on any atom is -0.496 e. The van der Waals surface area contributed by atoms with Crippen LogP contribution in [0.2, 0.25) is 0 Å². The first kappa shape index (κ1) is 11.3. The quantitative estimate of drug-likeness (QED) is 0.846. The van der Waals surface area contributed by atoms with Crippen LogP contribution < -0.4 is 15.2 Å². The second-order valence-corrected chi connectivity index (χ2v) is 4.66. The first-order valence-electron chi connectivity index (χ1n) is 5.58. The maximum Gasteiger partial charge on any atom is 0.125 e. The predicted octanol–water partition coefficient (Wildman–Crippen LogP) is 2.05. The van der Waals surface area contributed by atoms with E-state index in [1.807, 2.05) is 6.92 Å². The summed E-state index contributed by atoms with van der Waals surface area (Å²) >= 11 is 0. The molecule has 88 valence electrons. The predicted molar refractivity (Wildman–Crippen MR) is 64.1 cm³/mol. The van der Waals surface area contributed by atoms with E-state index in [1.54, 1.807) is 14.2 Å². The van der Waals surface area contributed by atoms with Gasteiger partial charge in [-0.1, -0.05) is 0 Å². The number of rotatable bonds is 4. The summed E-state index contributed by atoms with van der Waals surface area (Å²) in [4.78, 5) is 0. The van der Waals surface area contributed by atoms with Gasteiger partial charge < -0.3 is 15.2 Å². The molecule has 3 heteroatoms. The molecule has 16 heavy (non-hydrogen) atoms. The van der Waals surface area contributed by atoms with Crippen LogP contribution in [0.1, 0.15) is 24.0 Å². The van der Waals surface area contributed by atoms with Crippen LogP contribution in [-0.4, -0.2) is 19.8 Å². The third-order valence-electron chi connectivity index (χ3n) is 3.26. The molecule has 0 aliphatic heterocycles. The van der Waals surface area contributed by atoms with Crippen LogP contribution in [-0.2, 0) is 6.42 Å². The second-order valence-electron chi connectivity index (χ2n) is 4.66. The summed E-state index contributed by atoms with van der Waals surface area (Å²) in [6, 6.07) is 4.12. The summed E-state index contributed by atoms with van der Waals surface area (Å²) in [6.07, 6.45) is 3.14. The van der Waals surface area contributed by atoms with Crippen molar-refractivity contribution in [2.24, 2.45) is 5.73 Å². The lowest BCUT2D eigenvalue weighted by Gasteiger charge is -2.14. The molecule has 0 radical (unpaired) electrons. The van der Waals surface area contributed by atoms with Crippen molar-refractivity contribution < 1.29 is 9.47 Å². The molecule has 0 bridgehead atoms. The van der Waals surface area contributed by atoms with Crippen molar-refractivity contribution in [1.82, 2.24) is 0 Å². The highest BCUT2D eigenvalue weighted by Crippen LogP contribution is 2.38. The van der Waals surface area contributed by atoms with Crippen LogP contribution >= 0.6 is 0 Å². The lowest BCUT2D eigenvalue weighted by molar-refractivity contribution is 0.387. The molecule has 0 aromatic heterocycles. The van der Waals surface area contributed by atoms with Gasteiger partial charge >= 0.3 is 0 Å². The molecule has 1 fully saturated rings. The van der Waals surface area contributed by atoms with Crippen LogP contribution in [0.15, 0.2) is 12.1 Å². The highest BCUT2D eigenvalue weighted by atomic mass is 16.5. The van der Waals surface area contributed by atoms with Gasteiger partial charge in [-0.05, 0) is 43.9 Å². The topological polar surface area (TPSA) is 44.5 Å². The molecule has 0 atom stereocenters. The van der Waals surface area contributed by atoms with Gasteiger partial charge in [0, 0.05) is 11.1 Å². The van der Waals surface area contributed by atoms with E-state index in [9.17, 15) is 0 Å². The Kier molecular flexibility index (Phi) is 2.80. The van der Waals surface area contributed by atoms with Gasteiger partial charge in [-0.3, -0.25) is 0 Å². The molecule has 2 rings (SSSR count). The van der Waals surface area contributed by atoms with E-state index in [-0.39, 0.29) is 5.54 Å². The van der Waals surface area contributed by atoms with Gasteiger partial charge in [0.15, 0.2) is 0 Å². The fourth-order valence-corrected chi connectivity index (χ4v) is 1.99. The zero-order chi connectivity index (χ0) is 11.8. The van der Waals surface area contributed by atoms with E-state index in [0.29, 0.717) is 0 Å². The Morgan fingerprint density at radius 2 is 1.69 bits per heavy atom. The average Bonchev–Trinajstić information content (AvgIpc) is 2.98. The van der Waals surface area contributed by atoms with Crippen molar-refractivity contribution in [2.45, 2.75) is 31.7 Å². The van der Waals surface area contributed by atoms with Crippen molar-refractivity contribution >= 4 is 0 Å². The lowest BCUT2D eigenvalue weighted by Crippen LogP contribution is -2.24. The van der Waals surface area contributed by atoms with Crippen LogP contribution in [0.4, 0.5) is 0 Å². The number of ether oxygens (including phenoxy) is 2. The van der Waals surface area contributed by atoms with Crippen LogP contribution in [0.5, 0.6) is 11.5 Å². The van der Waals surface area contributed by atoms with E-state index in [4.69, 9.17) is 15.2 Å². The standard InChI is InChI=1S/C13H19NO2/c1-9-11(15-2)6-10(7-12(9)16-3)8-13(14)4-5-13/h6-7H,4-5,8,14H2,1-3H3. The SMILES string of the molecule is COc1cc(CC2(N)CC2)cc(OC)c1C. The average molecular weight is 221 g/mol. The highest BCUT2D eigenvalue weighted by Gasteiger charge is 2.38. The Hall–Kier alpha value is -1.22.